The molecule has 0 spiro atoms. The van der Waals surface area contributed by atoms with Crippen LogP contribution in [-0.4, -0.2) is 25.5 Å². The lowest BCUT2D eigenvalue weighted by Crippen LogP contribution is -2.45. The van der Waals surface area contributed by atoms with Crippen molar-refractivity contribution in [1.29, 1.82) is 0 Å². The Bertz CT molecular complexity index is 230. The van der Waals surface area contributed by atoms with E-state index in [9.17, 15) is 4.79 Å². The number of carbonyl (C=O) groups is 1. The first-order chi connectivity index (χ1) is 7.20. The van der Waals surface area contributed by atoms with Crippen LogP contribution in [-0.2, 0) is 4.79 Å². The quantitative estimate of drug-likeness (QED) is 0.737. The lowest BCUT2D eigenvalue weighted by molar-refractivity contribution is -0.126. The van der Waals surface area contributed by atoms with Gasteiger partial charge in [-0.15, -0.1) is 0 Å². The topological polar surface area (TPSA) is 41.1 Å². The number of piperidine rings is 1. The number of nitrogens with one attached hydrogen (secondary N) is 2. The van der Waals surface area contributed by atoms with Gasteiger partial charge in [0.1, 0.15) is 0 Å². The molecule has 1 aliphatic heterocycles. The van der Waals surface area contributed by atoms with E-state index in [4.69, 9.17) is 0 Å². The van der Waals surface area contributed by atoms with E-state index >= 15 is 0 Å². The van der Waals surface area contributed by atoms with Crippen molar-refractivity contribution >= 4 is 5.91 Å². The van der Waals surface area contributed by atoms with Gasteiger partial charge in [-0.3, -0.25) is 4.79 Å². The highest BCUT2D eigenvalue weighted by molar-refractivity contribution is 5.79. The SMILES string of the molecule is CC1(CNC(=O)C2CCCNC2)CCC1. The molecule has 1 heterocycles. The van der Waals surface area contributed by atoms with E-state index < -0.39 is 0 Å². The Labute approximate surface area is 92.0 Å². The summed E-state index contributed by atoms with van der Waals surface area (Å²) in [5.41, 5.74) is 0.401. The molecule has 2 aliphatic rings. The van der Waals surface area contributed by atoms with Crippen molar-refractivity contribution in [2.75, 3.05) is 19.6 Å². The molecule has 2 rings (SSSR count). The van der Waals surface area contributed by atoms with E-state index in [-0.39, 0.29) is 11.8 Å². The van der Waals surface area contributed by atoms with E-state index in [1.807, 2.05) is 0 Å². The predicted molar refractivity (Wildman–Crippen MR) is 60.6 cm³/mol. The third-order valence-electron chi connectivity index (χ3n) is 3.92. The van der Waals surface area contributed by atoms with Crippen LogP contribution in [0.1, 0.15) is 39.0 Å². The van der Waals surface area contributed by atoms with Crippen LogP contribution in [0.25, 0.3) is 0 Å². The van der Waals surface area contributed by atoms with Crippen LogP contribution >= 0.6 is 0 Å². The fourth-order valence-corrected chi connectivity index (χ4v) is 2.48. The van der Waals surface area contributed by atoms with Gasteiger partial charge in [0.25, 0.3) is 0 Å². The van der Waals surface area contributed by atoms with Crippen molar-refractivity contribution in [1.82, 2.24) is 10.6 Å². The first kappa shape index (κ1) is 10.9. The second-order valence-corrected chi connectivity index (χ2v) is 5.43. The normalized spacial score (nSPS) is 29.3. The first-order valence-corrected chi connectivity index (χ1v) is 6.18. The van der Waals surface area contributed by atoms with Crippen molar-refractivity contribution < 1.29 is 4.79 Å². The number of amides is 1. The highest BCUT2D eigenvalue weighted by atomic mass is 16.1. The Hall–Kier alpha value is -0.570. The van der Waals surface area contributed by atoms with Crippen molar-refractivity contribution in [2.24, 2.45) is 11.3 Å². The maximum absolute atomic E-state index is 11.8. The van der Waals surface area contributed by atoms with Crippen molar-refractivity contribution in [2.45, 2.75) is 39.0 Å². The summed E-state index contributed by atoms with van der Waals surface area (Å²) in [6.07, 6.45) is 6.06. The number of hydrogen-bond donors (Lipinski definition) is 2. The maximum Gasteiger partial charge on any atom is 0.224 e. The van der Waals surface area contributed by atoms with Gasteiger partial charge in [-0.2, -0.15) is 0 Å². The Morgan fingerprint density at radius 3 is 2.80 bits per heavy atom. The van der Waals surface area contributed by atoms with Crippen LogP contribution in [0.2, 0.25) is 0 Å². The number of carbonyl (C=O) groups excluding carboxylic acids is 1. The Kier molecular flexibility index (Phi) is 3.29. The van der Waals surface area contributed by atoms with Gasteiger partial charge in [-0.1, -0.05) is 13.3 Å². The zero-order valence-electron chi connectivity index (χ0n) is 9.64. The van der Waals surface area contributed by atoms with Gasteiger partial charge in [0.15, 0.2) is 0 Å². The molecule has 0 bridgehead atoms. The van der Waals surface area contributed by atoms with Gasteiger partial charge in [0, 0.05) is 13.1 Å². The molecule has 0 aromatic rings. The standard InChI is InChI=1S/C12H22N2O/c1-12(5-3-6-12)9-14-11(15)10-4-2-7-13-8-10/h10,13H,2-9H2,1H3,(H,14,15). The van der Waals surface area contributed by atoms with Crippen LogP contribution in [0.15, 0.2) is 0 Å². The molecule has 0 aromatic heterocycles. The smallest absolute Gasteiger partial charge is 0.224 e. The summed E-state index contributed by atoms with van der Waals surface area (Å²) in [4.78, 5) is 11.8. The minimum Gasteiger partial charge on any atom is -0.355 e. The summed E-state index contributed by atoms with van der Waals surface area (Å²) in [6, 6.07) is 0. The summed E-state index contributed by atoms with van der Waals surface area (Å²) in [5.74, 6) is 0.470. The highest BCUT2D eigenvalue weighted by Crippen LogP contribution is 2.39. The van der Waals surface area contributed by atoms with Crippen LogP contribution in [0.3, 0.4) is 0 Å². The monoisotopic (exact) mass is 210 g/mol. The molecule has 1 amide bonds. The molecule has 2 N–H and O–H groups in total. The van der Waals surface area contributed by atoms with E-state index in [1.54, 1.807) is 0 Å². The number of rotatable bonds is 3. The molecule has 1 atom stereocenters. The molecular weight excluding hydrogens is 188 g/mol. The number of hydrogen-bond acceptors (Lipinski definition) is 2. The summed E-state index contributed by atoms with van der Waals surface area (Å²) in [5, 5.41) is 6.40. The van der Waals surface area contributed by atoms with E-state index in [0.717, 1.165) is 32.5 Å². The zero-order valence-corrected chi connectivity index (χ0v) is 9.64. The maximum atomic E-state index is 11.8. The second kappa shape index (κ2) is 4.52. The van der Waals surface area contributed by atoms with Gasteiger partial charge in [-0.05, 0) is 37.6 Å². The summed E-state index contributed by atoms with van der Waals surface area (Å²) < 4.78 is 0. The Morgan fingerprint density at radius 2 is 2.27 bits per heavy atom. The van der Waals surface area contributed by atoms with Gasteiger partial charge in [-0.25, -0.2) is 0 Å². The highest BCUT2D eigenvalue weighted by Gasteiger charge is 2.32. The average Bonchev–Trinajstić information content (AvgIpc) is 2.24. The predicted octanol–water partition coefficient (Wildman–Crippen LogP) is 1.29. The summed E-state index contributed by atoms with van der Waals surface area (Å²) in [7, 11) is 0. The summed E-state index contributed by atoms with van der Waals surface area (Å²) in [6.45, 7) is 5.09. The zero-order chi connectivity index (χ0) is 10.7. The minimum atomic E-state index is 0.211. The van der Waals surface area contributed by atoms with Crippen molar-refractivity contribution in [3.8, 4) is 0 Å². The fourth-order valence-electron chi connectivity index (χ4n) is 2.48. The molecule has 1 saturated heterocycles. The minimum absolute atomic E-state index is 0.211. The molecule has 2 fully saturated rings. The molecule has 1 aliphatic carbocycles. The second-order valence-electron chi connectivity index (χ2n) is 5.43. The molecular formula is C12H22N2O. The molecule has 0 aromatic carbocycles. The van der Waals surface area contributed by atoms with Crippen LogP contribution < -0.4 is 10.6 Å². The van der Waals surface area contributed by atoms with E-state index in [0.29, 0.717) is 5.41 Å². The third kappa shape index (κ3) is 2.71. The molecule has 15 heavy (non-hydrogen) atoms. The Morgan fingerprint density at radius 1 is 1.47 bits per heavy atom. The van der Waals surface area contributed by atoms with E-state index in [2.05, 4.69) is 17.6 Å². The average molecular weight is 210 g/mol. The van der Waals surface area contributed by atoms with Crippen molar-refractivity contribution in [3.05, 3.63) is 0 Å². The van der Waals surface area contributed by atoms with Crippen molar-refractivity contribution in [3.63, 3.8) is 0 Å². The van der Waals surface area contributed by atoms with Gasteiger partial charge < -0.3 is 10.6 Å². The lowest BCUT2D eigenvalue weighted by atomic mass is 9.70. The largest absolute Gasteiger partial charge is 0.355 e. The fraction of sp³-hybridized carbons (Fsp3) is 0.917. The molecule has 1 saturated carbocycles. The Balaban J connectivity index is 1.71. The first-order valence-electron chi connectivity index (χ1n) is 6.18. The lowest BCUT2D eigenvalue weighted by Gasteiger charge is -2.38. The van der Waals surface area contributed by atoms with Crippen LogP contribution in [0.4, 0.5) is 0 Å². The molecule has 0 radical (unpaired) electrons. The van der Waals surface area contributed by atoms with E-state index in [1.165, 1.54) is 19.3 Å². The molecule has 3 heteroatoms. The van der Waals surface area contributed by atoms with Gasteiger partial charge in [0.2, 0.25) is 5.91 Å². The van der Waals surface area contributed by atoms with Gasteiger partial charge >= 0.3 is 0 Å². The van der Waals surface area contributed by atoms with Gasteiger partial charge in [0.05, 0.1) is 5.92 Å². The summed E-state index contributed by atoms with van der Waals surface area (Å²) >= 11 is 0. The third-order valence-corrected chi connectivity index (χ3v) is 3.92. The molecule has 86 valence electrons. The molecule has 3 nitrogen and oxygen atoms in total. The van der Waals surface area contributed by atoms with Crippen LogP contribution in [0.5, 0.6) is 0 Å². The van der Waals surface area contributed by atoms with Crippen LogP contribution in [0, 0.1) is 11.3 Å². The molecule has 1 unspecified atom stereocenters.